The molecule has 1 rings (SSSR count). The third-order valence-electron chi connectivity index (χ3n) is 3.70. The molecule has 0 atom stereocenters. The fourth-order valence-corrected chi connectivity index (χ4v) is 2.23. The van der Waals surface area contributed by atoms with Gasteiger partial charge in [0.2, 0.25) is 0 Å². The summed E-state index contributed by atoms with van der Waals surface area (Å²) in [6.45, 7) is 11.2. The van der Waals surface area contributed by atoms with Crippen molar-refractivity contribution in [2.24, 2.45) is 4.99 Å². The minimum absolute atomic E-state index is 0.537. The van der Waals surface area contributed by atoms with Crippen LogP contribution in [-0.4, -0.2) is 59.1 Å². The molecule has 0 saturated carbocycles. The summed E-state index contributed by atoms with van der Waals surface area (Å²) in [6.07, 6.45) is 0.888. The summed E-state index contributed by atoms with van der Waals surface area (Å²) in [5.74, 6) is 2.24. The van der Waals surface area contributed by atoms with Gasteiger partial charge in [-0.15, -0.1) is 0 Å². The van der Waals surface area contributed by atoms with Crippen molar-refractivity contribution in [2.45, 2.75) is 33.1 Å². The lowest BCUT2D eigenvalue weighted by molar-refractivity contribution is 0.0702. The smallest absolute Gasteiger partial charge is 0.191 e. The van der Waals surface area contributed by atoms with Gasteiger partial charge in [0.25, 0.3) is 0 Å². The summed E-state index contributed by atoms with van der Waals surface area (Å²) in [4.78, 5) is 4.53. The molecule has 0 radical (unpaired) electrons. The third kappa shape index (κ3) is 10.3. The van der Waals surface area contributed by atoms with Gasteiger partial charge in [0.05, 0.1) is 19.8 Å². The summed E-state index contributed by atoms with van der Waals surface area (Å²) in [6, 6.07) is 8.29. The third-order valence-corrected chi connectivity index (χ3v) is 3.70. The van der Waals surface area contributed by atoms with E-state index >= 15 is 0 Å². The van der Waals surface area contributed by atoms with Crippen LogP contribution in [-0.2, 0) is 9.47 Å². The number of aliphatic imine (C=N–C) groups is 1. The van der Waals surface area contributed by atoms with E-state index in [1.807, 2.05) is 12.1 Å². The van der Waals surface area contributed by atoms with Crippen LogP contribution >= 0.6 is 0 Å². The van der Waals surface area contributed by atoms with Crippen molar-refractivity contribution >= 4 is 5.96 Å². The standard InChI is InChI=1S/C20H35N3O3/c1-5-21-20(22-11-6-13-25-16-15-24-4)23-12-14-26-19-9-7-18(8-10-19)17(2)3/h7-10,17H,5-6,11-16H2,1-4H3,(H2,21,22,23). The van der Waals surface area contributed by atoms with Crippen LogP contribution in [0.4, 0.5) is 0 Å². The van der Waals surface area contributed by atoms with E-state index in [0.717, 1.165) is 31.2 Å². The lowest BCUT2D eigenvalue weighted by Crippen LogP contribution is -2.39. The molecule has 2 N–H and O–H groups in total. The molecule has 0 fully saturated rings. The molecule has 6 nitrogen and oxygen atoms in total. The normalized spacial score (nSPS) is 11.7. The molecule has 1 aromatic carbocycles. The van der Waals surface area contributed by atoms with Crippen LogP contribution in [0.15, 0.2) is 29.3 Å². The molecule has 0 bridgehead atoms. The first-order valence-corrected chi connectivity index (χ1v) is 9.49. The Hall–Kier alpha value is -1.79. The van der Waals surface area contributed by atoms with E-state index in [0.29, 0.717) is 38.9 Å². The minimum Gasteiger partial charge on any atom is -0.492 e. The Morgan fingerprint density at radius 1 is 1.04 bits per heavy atom. The van der Waals surface area contributed by atoms with Crippen LogP contribution in [0.5, 0.6) is 5.75 Å². The van der Waals surface area contributed by atoms with Gasteiger partial charge in [-0.05, 0) is 37.0 Å². The van der Waals surface area contributed by atoms with Crippen molar-refractivity contribution in [2.75, 3.05) is 53.2 Å². The summed E-state index contributed by atoms with van der Waals surface area (Å²) < 4.78 is 16.1. The first kappa shape index (κ1) is 22.3. The molecule has 6 heteroatoms. The highest BCUT2D eigenvalue weighted by Gasteiger charge is 2.00. The molecule has 0 aliphatic carbocycles. The van der Waals surface area contributed by atoms with E-state index in [-0.39, 0.29) is 0 Å². The van der Waals surface area contributed by atoms with Gasteiger partial charge < -0.3 is 24.8 Å². The molecule has 0 amide bonds. The van der Waals surface area contributed by atoms with Gasteiger partial charge in [0, 0.05) is 26.8 Å². The van der Waals surface area contributed by atoms with Crippen molar-refractivity contribution in [1.82, 2.24) is 10.6 Å². The number of hydrogen-bond donors (Lipinski definition) is 2. The Labute approximate surface area is 158 Å². The zero-order chi connectivity index (χ0) is 19.0. The van der Waals surface area contributed by atoms with Crippen molar-refractivity contribution in [3.05, 3.63) is 29.8 Å². The summed E-state index contributed by atoms with van der Waals surface area (Å²) in [7, 11) is 1.67. The average Bonchev–Trinajstić information content (AvgIpc) is 2.64. The highest BCUT2D eigenvalue weighted by Crippen LogP contribution is 2.18. The molecule has 0 unspecified atom stereocenters. The van der Waals surface area contributed by atoms with Crippen molar-refractivity contribution < 1.29 is 14.2 Å². The minimum atomic E-state index is 0.537. The predicted octanol–water partition coefficient (Wildman–Crippen LogP) is 2.80. The summed E-state index contributed by atoms with van der Waals surface area (Å²) >= 11 is 0. The molecule has 0 aliphatic rings. The van der Waals surface area contributed by atoms with E-state index in [1.54, 1.807) is 7.11 Å². The number of benzene rings is 1. The van der Waals surface area contributed by atoms with Gasteiger partial charge in [-0.3, -0.25) is 4.99 Å². The van der Waals surface area contributed by atoms with E-state index in [4.69, 9.17) is 14.2 Å². The lowest BCUT2D eigenvalue weighted by Gasteiger charge is -2.12. The van der Waals surface area contributed by atoms with Crippen molar-refractivity contribution in [3.8, 4) is 5.75 Å². The monoisotopic (exact) mass is 365 g/mol. The summed E-state index contributed by atoms with van der Waals surface area (Å²) in [5, 5.41) is 6.52. The Morgan fingerprint density at radius 3 is 2.46 bits per heavy atom. The number of methoxy groups -OCH3 is 1. The van der Waals surface area contributed by atoms with Gasteiger partial charge in [-0.1, -0.05) is 26.0 Å². The molecular weight excluding hydrogens is 330 g/mol. The molecule has 0 aliphatic heterocycles. The number of guanidine groups is 1. The molecule has 148 valence electrons. The SMILES string of the molecule is CCNC(=NCCCOCCOC)NCCOc1ccc(C(C)C)cc1. The first-order valence-electron chi connectivity index (χ1n) is 9.49. The van der Waals surface area contributed by atoms with Crippen LogP contribution in [0.25, 0.3) is 0 Å². The van der Waals surface area contributed by atoms with E-state index in [9.17, 15) is 0 Å². The van der Waals surface area contributed by atoms with Crippen molar-refractivity contribution in [3.63, 3.8) is 0 Å². The molecule has 0 saturated heterocycles. The maximum atomic E-state index is 5.77. The van der Waals surface area contributed by atoms with Gasteiger partial charge in [-0.2, -0.15) is 0 Å². The topological polar surface area (TPSA) is 64.1 Å². The predicted molar refractivity (Wildman–Crippen MR) is 107 cm³/mol. The zero-order valence-corrected chi connectivity index (χ0v) is 16.7. The van der Waals surface area contributed by atoms with E-state index < -0.39 is 0 Å². The number of hydrogen-bond acceptors (Lipinski definition) is 4. The van der Waals surface area contributed by atoms with Crippen LogP contribution < -0.4 is 15.4 Å². The molecule has 0 aromatic heterocycles. The zero-order valence-electron chi connectivity index (χ0n) is 16.7. The van der Waals surface area contributed by atoms with Crippen LogP contribution in [0.2, 0.25) is 0 Å². The van der Waals surface area contributed by atoms with E-state index in [2.05, 4.69) is 48.5 Å². The fourth-order valence-electron chi connectivity index (χ4n) is 2.23. The first-order chi connectivity index (χ1) is 12.7. The number of rotatable bonds is 13. The molecular formula is C20H35N3O3. The molecule has 26 heavy (non-hydrogen) atoms. The fraction of sp³-hybridized carbons (Fsp3) is 0.650. The molecule has 0 heterocycles. The van der Waals surface area contributed by atoms with Gasteiger partial charge >= 0.3 is 0 Å². The highest BCUT2D eigenvalue weighted by molar-refractivity contribution is 5.79. The maximum absolute atomic E-state index is 5.77. The Kier molecular flexibility index (Phi) is 12.3. The van der Waals surface area contributed by atoms with Gasteiger partial charge in [-0.25, -0.2) is 0 Å². The largest absolute Gasteiger partial charge is 0.492 e. The molecule has 1 aromatic rings. The van der Waals surface area contributed by atoms with Gasteiger partial charge in [0.15, 0.2) is 5.96 Å². The lowest BCUT2D eigenvalue weighted by atomic mass is 10.0. The number of ether oxygens (including phenoxy) is 3. The molecule has 0 spiro atoms. The second kappa shape index (κ2) is 14.4. The second-order valence-electron chi connectivity index (χ2n) is 6.22. The van der Waals surface area contributed by atoms with Gasteiger partial charge in [0.1, 0.15) is 12.4 Å². The Bertz CT molecular complexity index is 490. The van der Waals surface area contributed by atoms with Crippen LogP contribution in [0.1, 0.15) is 38.7 Å². The van der Waals surface area contributed by atoms with Crippen molar-refractivity contribution in [1.29, 1.82) is 0 Å². The maximum Gasteiger partial charge on any atom is 0.191 e. The number of nitrogens with zero attached hydrogens (tertiary/aromatic N) is 1. The van der Waals surface area contributed by atoms with E-state index in [1.165, 1.54) is 5.56 Å². The van der Waals surface area contributed by atoms with Crippen LogP contribution in [0, 0.1) is 0 Å². The number of nitrogens with one attached hydrogen (secondary N) is 2. The average molecular weight is 366 g/mol. The second-order valence-corrected chi connectivity index (χ2v) is 6.22. The Morgan fingerprint density at radius 2 is 1.81 bits per heavy atom. The summed E-state index contributed by atoms with van der Waals surface area (Å²) in [5.41, 5.74) is 1.32. The van der Waals surface area contributed by atoms with Crippen LogP contribution in [0.3, 0.4) is 0 Å². The Balaban J connectivity index is 2.22. The quantitative estimate of drug-likeness (QED) is 0.320. The highest BCUT2D eigenvalue weighted by atomic mass is 16.5.